The third-order valence-corrected chi connectivity index (χ3v) is 5.21. The van der Waals surface area contributed by atoms with Gasteiger partial charge in [0.05, 0.1) is 42.2 Å². The molecule has 0 saturated carbocycles. The highest BCUT2D eigenvalue weighted by Crippen LogP contribution is 2.34. The molecule has 0 unspecified atom stereocenters. The van der Waals surface area contributed by atoms with Crippen molar-refractivity contribution in [1.29, 1.82) is 5.41 Å². The molecule has 0 radical (unpaired) electrons. The highest BCUT2D eigenvalue weighted by atomic mass is 16.5. The number of aryl methyl sites for hydroxylation is 1. The Hall–Kier alpha value is -4.18. The number of hydrogen-bond donors (Lipinski definition) is 3. The molecular weight excluding hydrogens is 422 g/mol. The maximum absolute atomic E-state index is 9.18. The van der Waals surface area contributed by atoms with E-state index < -0.39 is 0 Å². The first-order chi connectivity index (χ1) is 16.2. The number of H-pyrrole nitrogens is 1. The fraction of sp³-hybridized carbons (Fsp3) is 0.217. The summed E-state index contributed by atoms with van der Waals surface area (Å²) in [5.41, 5.74) is 3.44. The van der Waals surface area contributed by atoms with Crippen molar-refractivity contribution in [3.8, 4) is 5.88 Å². The zero-order valence-electron chi connectivity index (χ0n) is 17.8. The van der Waals surface area contributed by atoms with Crippen LogP contribution in [0.1, 0.15) is 17.7 Å². The summed E-state index contributed by atoms with van der Waals surface area (Å²) >= 11 is 0. The molecule has 3 N–H and O–H groups in total. The highest BCUT2D eigenvalue weighted by molar-refractivity contribution is 6.54. The van der Waals surface area contributed by atoms with Crippen LogP contribution in [0.15, 0.2) is 66.4 Å². The number of nitrogens with zero attached hydrogens (tertiary/aromatic N) is 5. The molecule has 0 aromatic carbocycles. The summed E-state index contributed by atoms with van der Waals surface area (Å²) < 4.78 is 15.4. The normalized spacial score (nSPS) is 14.5. The van der Waals surface area contributed by atoms with Gasteiger partial charge in [-0.05, 0) is 24.6 Å². The monoisotopic (exact) mass is 445 g/mol. The first kappa shape index (κ1) is 20.7. The molecule has 10 nitrogen and oxygen atoms in total. The van der Waals surface area contributed by atoms with E-state index in [0.717, 1.165) is 29.7 Å². The molecule has 0 atom stereocenters. The molecule has 4 aromatic heterocycles. The Kier molecular flexibility index (Phi) is 5.73. The van der Waals surface area contributed by atoms with Gasteiger partial charge in [0.1, 0.15) is 12.4 Å². The number of rotatable bonds is 9. The van der Waals surface area contributed by atoms with Gasteiger partial charge in [-0.1, -0.05) is 6.07 Å². The lowest BCUT2D eigenvalue weighted by molar-refractivity contribution is 0.197. The zero-order chi connectivity index (χ0) is 22.6. The Morgan fingerprint density at radius 3 is 2.94 bits per heavy atom. The number of ether oxygens (including phenoxy) is 2. The molecule has 5 rings (SSSR count). The summed E-state index contributed by atoms with van der Waals surface area (Å²) in [6.07, 6.45) is 11.6. The van der Waals surface area contributed by atoms with Crippen molar-refractivity contribution >= 4 is 28.4 Å². The van der Waals surface area contributed by atoms with E-state index >= 15 is 0 Å². The lowest BCUT2D eigenvalue weighted by Gasteiger charge is -2.17. The number of pyridine rings is 1. The van der Waals surface area contributed by atoms with Gasteiger partial charge >= 0.3 is 0 Å². The van der Waals surface area contributed by atoms with Gasteiger partial charge in [-0.3, -0.25) is 5.41 Å². The van der Waals surface area contributed by atoms with E-state index in [1.54, 1.807) is 35.5 Å². The van der Waals surface area contributed by atoms with E-state index in [2.05, 4.69) is 15.1 Å². The average Bonchev–Trinajstić information content (AvgIpc) is 3.59. The average molecular weight is 445 g/mol. The number of imidazole rings is 1. The molecule has 0 spiro atoms. The number of fused-ring (bicyclic) bond motifs is 2. The second kappa shape index (κ2) is 9.13. The third kappa shape index (κ3) is 4.15. The maximum Gasteiger partial charge on any atom is 0.260 e. The molecule has 0 fully saturated rings. The molecule has 0 amide bonds. The summed E-state index contributed by atoms with van der Waals surface area (Å²) in [5.74, 6) is 0.927. The van der Waals surface area contributed by atoms with Crippen LogP contribution >= 0.6 is 0 Å². The van der Waals surface area contributed by atoms with Crippen molar-refractivity contribution in [2.75, 3.05) is 19.8 Å². The van der Waals surface area contributed by atoms with E-state index in [1.165, 1.54) is 0 Å². The third-order valence-electron chi connectivity index (χ3n) is 5.21. The van der Waals surface area contributed by atoms with Crippen LogP contribution in [0.2, 0.25) is 0 Å². The predicted molar refractivity (Wildman–Crippen MR) is 123 cm³/mol. The van der Waals surface area contributed by atoms with Crippen molar-refractivity contribution in [3.63, 3.8) is 0 Å². The Labute approximate surface area is 189 Å². The van der Waals surface area contributed by atoms with Crippen LogP contribution in [0.3, 0.4) is 0 Å². The number of aliphatic imine (C=N–C) groups is 1. The highest BCUT2D eigenvalue weighted by Gasteiger charge is 2.25. The first-order valence-electron chi connectivity index (χ1n) is 10.6. The smallest absolute Gasteiger partial charge is 0.260 e. The quantitative estimate of drug-likeness (QED) is 0.342. The van der Waals surface area contributed by atoms with E-state index in [0.29, 0.717) is 29.6 Å². The largest absolute Gasteiger partial charge is 0.491 e. The summed E-state index contributed by atoms with van der Waals surface area (Å²) in [4.78, 5) is 12.0. The number of allylic oxidation sites excluding steroid dienone is 1. The van der Waals surface area contributed by atoms with Gasteiger partial charge < -0.3 is 24.1 Å². The minimum absolute atomic E-state index is 0.0995. The van der Waals surface area contributed by atoms with Crippen molar-refractivity contribution < 1.29 is 14.6 Å². The van der Waals surface area contributed by atoms with Gasteiger partial charge in [-0.15, -0.1) is 5.10 Å². The molecule has 0 saturated heterocycles. The van der Waals surface area contributed by atoms with Crippen molar-refractivity contribution in [3.05, 3.63) is 72.7 Å². The van der Waals surface area contributed by atoms with Crippen molar-refractivity contribution in [1.82, 2.24) is 24.1 Å². The molecule has 1 aliphatic carbocycles. The number of hydrogen-bond acceptors (Lipinski definition) is 7. The van der Waals surface area contributed by atoms with Crippen LogP contribution in [0.25, 0.3) is 11.3 Å². The second-order valence-electron chi connectivity index (χ2n) is 7.41. The van der Waals surface area contributed by atoms with Gasteiger partial charge in [-0.25, -0.2) is 14.5 Å². The van der Waals surface area contributed by atoms with E-state index in [9.17, 15) is 5.11 Å². The summed E-state index contributed by atoms with van der Waals surface area (Å²) in [5, 5.41) is 22.3. The Morgan fingerprint density at radius 2 is 2.09 bits per heavy atom. The number of aromatic amines is 1. The van der Waals surface area contributed by atoms with Gasteiger partial charge in [0, 0.05) is 43.0 Å². The molecular formula is C23H23N7O3. The fourth-order valence-electron chi connectivity index (χ4n) is 3.67. The number of aromatic nitrogens is 5. The van der Waals surface area contributed by atoms with E-state index in [1.807, 2.05) is 35.0 Å². The summed E-state index contributed by atoms with van der Waals surface area (Å²) in [6.45, 7) is 1.27. The molecule has 0 bridgehead atoms. The van der Waals surface area contributed by atoms with Crippen LogP contribution < -0.4 is 4.74 Å². The van der Waals surface area contributed by atoms with Gasteiger partial charge in [-0.2, -0.15) is 0 Å². The molecule has 33 heavy (non-hydrogen) atoms. The second-order valence-corrected chi connectivity index (χ2v) is 7.41. The van der Waals surface area contributed by atoms with Crippen LogP contribution in [0.5, 0.6) is 5.88 Å². The number of nitrogens with one attached hydrogen (secondary N) is 2. The predicted octanol–water partition coefficient (Wildman–Crippen LogP) is 2.83. The fourth-order valence-corrected chi connectivity index (χ4v) is 3.67. The van der Waals surface area contributed by atoms with Crippen molar-refractivity contribution in [2.24, 2.45) is 4.99 Å². The molecule has 4 aromatic rings. The molecule has 1 aliphatic rings. The molecule has 168 valence electrons. The van der Waals surface area contributed by atoms with Crippen LogP contribution in [-0.2, 0) is 11.3 Å². The zero-order valence-corrected chi connectivity index (χ0v) is 17.8. The van der Waals surface area contributed by atoms with Crippen molar-refractivity contribution in [2.45, 2.75) is 13.0 Å². The Balaban J connectivity index is 1.46. The van der Waals surface area contributed by atoms with Crippen LogP contribution in [-0.4, -0.2) is 60.5 Å². The first-order valence-corrected chi connectivity index (χ1v) is 10.6. The lowest BCUT2D eigenvalue weighted by Crippen LogP contribution is -2.19. The molecule has 4 heterocycles. The van der Waals surface area contributed by atoms with Gasteiger partial charge in [0.15, 0.2) is 5.69 Å². The van der Waals surface area contributed by atoms with Crippen LogP contribution in [0.4, 0.5) is 5.69 Å². The minimum Gasteiger partial charge on any atom is -0.491 e. The summed E-state index contributed by atoms with van der Waals surface area (Å²) in [6, 6.07) is 7.46. The topological polar surface area (TPSA) is 126 Å². The van der Waals surface area contributed by atoms with Gasteiger partial charge in [0.25, 0.3) is 5.88 Å². The minimum atomic E-state index is -0.136. The van der Waals surface area contributed by atoms with Gasteiger partial charge in [0.2, 0.25) is 0 Å². The Morgan fingerprint density at radius 1 is 1.15 bits per heavy atom. The SMILES string of the molecule is N=C1/C(=N\c2c(OCCO)nn3ccccc23)C=C(OCCCn2ccnc2)c2[nH]ccc21. The standard InChI is InChI=1S/C23H23N7O3/c24-20-16-5-6-26-21(16)19(32-12-3-8-29-10-7-25-15-29)14-17(20)27-22-18-4-1-2-9-30(18)28-23(22)33-13-11-31/h1-2,4-7,9-10,14-15,24,26,31H,3,8,11-13H2/b24-20?,27-17-. The number of aliphatic hydroxyl groups is 1. The Bertz CT molecular complexity index is 1330. The molecule has 0 aliphatic heterocycles. The van der Waals surface area contributed by atoms with E-state index in [-0.39, 0.29) is 18.9 Å². The number of aliphatic hydroxyl groups excluding tert-OH is 1. The van der Waals surface area contributed by atoms with E-state index in [4.69, 9.17) is 19.9 Å². The lowest BCUT2D eigenvalue weighted by atomic mass is 9.98. The maximum atomic E-state index is 9.18. The molecule has 10 heteroatoms. The summed E-state index contributed by atoms with van der Waals surface area (Å²) in [7, 11) is 0. The van der Waals surface area contributed by atoms with Crippen LogP contribution in [0, 0.1) is 5.41 Å².